The number of carbonyl (C=O) groups is 2. The lowest BCUT2D eigenvalue weighted by Crippen LogP contribution is -2.30. The first kappa shape index (κ1) is 25.3. The molecule has 0 radical (unpaired) electrons. The van der Waals surface area contributed by atoms with Gasteiger partial charge >= 0.3 is 0 Å². The van der Waals surface area contributed by atoms with Crippen molar-refractivity contribution >= 4 is 46.2 Å². The van der Waals surface area contributed by atoms with Gasteiger partial charge in [0.1, 0.15) is 5.82 Å². The lowest BCUT2D eigenvalue weighted by Gasteiger charge is -2.23. The van der Waals surface area contributed by atoms with Crippen LogP contribution >= 0.6 is 11.6 Å². The van der Waals surface area contributed by atoms with E-state index in [9.17, 15) is 9.59 Å². The van der Waals surface area contributed by atoms with Crippen molar-refractivity contribution in [2.75, 3.05) is 15.5 Å². The van der Waals surface area contributed by atoms with E-state index in [2.05, 4.69) is 10.6 Å². The van der Waals surface area contributed by atoms with E-state index in [-0.39, 0.29) is 22.8 Å². The molecule has 40 heavy (non-hydrogen) atoms. The zero-order chi connectivity index (χ0) is 27.6. The molecule has 2 N–H and O–H groups in total. The minimum absolute atomic E-state index is 0.00367. The van der Waals surface area contributed by atoms with Crippen LogP contribution in [0.5, 0.6) is 0 Å². The molecule has 5 nitrogen and oxygen atoms in total. The van der Waals surface area contributed by atoms with Crippen LogP contribution in [-0.4, -0.2) is 11.8 Å². The molecular formula is C33H23ClFN3O2. The number of benzene rings is 5. The molecule has 0 bridgehead atoms. The lowest BCUT2D eigenvalue weighted by molar-refractivity contribution is 0.0984. The molecule has 0 aromatic heterocycles. The van der Waals surface area contributed by atoms with Gasteiger partial charge in [-0.05, 0) is 53.1 Å². The second-order valence-electron chi connectivity index (χ2n) is 9.37. The fourth-order valence-electron chi connectivity index (χ4n) is 4.87. The molecular weight excluding hydrogens is 525 g/mol. The molecule has 1 aliphatic rings. The molecule has 0 unspecified atom stereocenters. The van der Waals surface area contributed by atoms with Gasteiger partial charge in [0.15, 0.2) is 0 Å². The molecule has 0 aliphatic carbocycles. The first-order chi connectivity index (χ1) is 19.5. The fraction of sp³-hybridized carbons (Fsp3) is 0.0303. The summed E-state index contributed by atoms with van der Waals surface area (Å²) in [5.41, 5.74) is 5.04. The maximum Gasteiger partial charge on any atom is 0.260 e. The van der Waals surface area contributed by atoms with Crippen molar-refractivity contribution in [2.45, 2.75) is 6.54 Å². The number of para-hydroxylation sites is 3. The lowest BCUT2D eigenvalue weighted by atomic mass is 9.99. The van der Waals surface area contributed by atoms with Crippen molar-refractivity contribution in [3.8, 4) is 11.1 Å². The molecule has 1 heterocycles. The van der Waals surface area contributed by atoms with Gasteiger partial charge in [0, 0.05) is 11.3 Å². The topological polar surface area (TPSA) is 61.4 Å². The van der Waals surface area contributed by atoms with Crippen molar-refractivity contribution in [1.82, 2.24) is 0 Å². The third-order valence-corrected chi connectivity index (χ3v) is 7.16. The number of halogens is 2. The van der Waals surface area contributed by atoms with Crippen LogP contribution in [0.25, 0.3) is 11.1 Å². The Bertz CT molecular complexity index is 1760. The van der Waals surface area contributed by atoms with E-state index in [0.29, 0.717) is 16.8 Å². The normalized spacial score (nSPS) is 12.0. The van der Waals surface area contributed by atoms with Gasteiger partial charge in [-0.15, -0.1) is 0 Å². The Morgan fingerprint density at radius 1 is 0.775 bits per heavy atom. The Morgan fingerprint density at radius 2 is 1.45 bits per heavy atom. The smallest absolute Gasteiger partial charge is 0.260 e. The van der Waals surface area contributed by atoms with Gasteiger partial charge in [0.2, 0.25) is 0 Å². The van der Waals surface area contributed by atoms with Crippen LogP contribution in [0.1, 0.15) is 26.3 Å². The van der Waals surface area contributed by atoms with Crippen LogP contribution < -0.4 is 15.5 Å². The third kappa shape index (κ3) is 4.81. The van der Waals surface area contributed by atoms with Gasteiger partial charge in [0.25, 0.3) is 11.8 Å². The van der Waals surface area contributed by atoms with Crippen molar-refractivity contribution < 1.29 is 14.0 Å². The molecule has 5 aromatic rings. The maximum absolute atomic E-state index is 15.4. The van der Waals surface area contributed by atoms with Crippen molar-refractivity contribution in [3.63, 3.8) is 0 Å². The maximum atomic E-state index is 15.4. The van der Waals surface area contributed by atoms with E-state index < -0.39 is 17.6 Å². The summed E-state index contributed by atoms with van der Waals surface area (Å²) in [4.78, 5) is 28.6. The van der Waals surface area contributed by atoms with Crippen LogP contribution in [-0.2, 0) is 6.54 Å². The average molecular weight is 548 g/mol. The predicted octanol–water partition coefficient (Wildman–Crippen LogP) is 8.30. The third-order valence-electron chi connectivity index (χ3n) is 6.85. The van der Waals surface area contributed by atoms with Crippen molar-refractivity contribution in [3.05, 3.63) is 143 Å². The van der Waals surface area contributed by atoms with Crippen LogP contribution in [0.3, 0.4) is 0 Å². The van der Waals surface area contributed by atoms with E-state index in [1.165, 1.54) is 6.07 Å². The van der Waals surface area contributed by atoms with Crippen molar-refractivity contribution in [2.24, 2.45) is 0 Å². The Kier molecular flexibility index (Phi) is 6.76. The fourth-order valence-corrected chi connectivity index (χ4v) is 5.11. The van der Waals surface area contributed by atoms with Crippen LogP contribution in [0, 0.1) is 5.82 Å². The SMILES string of the molecule is O=C(Nc1cc(Cl)c(C(=O)N2Cc3ccccc3Nc3ccccc32)cc1F)c1ccccc1-c1ccccc1. The summed E-state index contributed by atoms with van der Waals surface area (Å²) >= 11 is 6.56. The van der Waals surface area contributed by atoms with Crippen molar-refractivity contribution in [1.29, 1.82) is 0 Å². The summed E-state index contributed by atoms with van der Waals surface area (Å²) in [7, 11) is 0. The standard InChI is InChI=1S/C33H23ClFN3O2/c34-26-19-30(37-32(39)24-14-6-5-13-23(24)21-10-2-1-3-11-21)27(35)18-25(26)33(40)38-20-22-12-4-7-15-28(22)36-29-16-8-9-17-31(29)38/h1-19,36H,20H2,(H,37,39). The highest BCUT2D eigenvalue weighted by molar-refractivity contribution is 6.35. The van der Waals surface area contributed by atoms with Gasteiger partial charge in [-0.3, -0.25) is 9.59 Å². The first-order valence-electron chi connectivity index (χ1n) is 12.7. The van der Waals surface area contributed by atoms with Gasteiger partial charge in [-0.1, -0.05) is 90.5 Å². The van der Waals surface area contributed by atoms with Crippen LogP contribution in [0.2, 0.25) is 5.02 Å². The molecule has 0 fully saturated rings. The number of nitrogens with one attached hydrogen (secondary N) is 2. The molecule has 7 heteroatoms. The van der Waals surface area contributed by atoms with E-state index in [1.54, 1.807) is 17.0 Å². The number of hydrogen-bond donors (Lipinski definition) is 2. The van der Waals surface area contributed by atoms with Gasteiger partial charge < -0.3 is 15.5 Å². The molecule has 196 valence electrons. The van der Waals surface area contributed by atoms with E-state index >= 15 is 4.39 Å². The number of rotatable bonds is 4. The first-order valence-corrected chi connectivity index (χ1v) is 13.1. The number of nitrogens with zero attached hydrogens (tertiary/aromatic N) is 1. The highest BCUT2D eigenvalue weighted by Gasteiger charge is 2.27. The summed E-state index contributed by atoms with van der Waals surface area (Å²) < 4.78 is 15.4. The van der Waals surface area contributed by atoms with Gasteiger partial charge in [-0.2, -0.15) is 0 Å². The van der Waals surface area contributed by atoms with Crippen LogP contribution in [0.4, 0.5) is 27.1 Å². The Balaban J connectivity index is 1.31. The highest BCUT2D eigenvalue weighted by atomic mass is 35.5. The monoisotopic (exact) mass is 547 g/mol. The molecule has 0 atom stereocenters. The molecule has 0 saturated carbocycles. The number of carbonyl (C=O) groups excluding carboxylic acids is 2. The molecule has 6 rings (SSSR count). The Labute approximate surface area is 235 Å². The Morgan fingerprint density at radius 3 is 2.27 bits per heavy atom. The summed E-state index contributed by atoms with van der Waals surface area (Å²) in [5, 5.41) is 6.04. The summed E-state index contributed by atoms with van der Waals surface area (Å²) in [5.74, 6) is -1.71. The van der Waals surface area contributed by atoms with Gasteiger partial charge in [0.05, 0.1) is 34.2 Å². The van der Waals surface area contributed by atoms with Gasteiger partial charge in [-0.25, -0.2) is 4.39 Å². The predicted molar refractivity (Wildman–Crippen MR) is 158 cm³/mol. The minimum Gasteiger partial charge on any atom is -0.354 e. The highest BCUT2D eigenvalue weighted by Crippen LogP contribution is 2.37. The molecule has 0 saturated heterocycles. The van der Waals surface area contributed by atoms with E-state index in [1.807, 2.05) is 91.0 Å². The summed E-state index contributed by atoms with van der Waals surface area (Å²) in [6.45, 7) is 0.270. The van der Waals surface area contributed by atoms with Crippen LogP contribution in [0.15, 0.2) is 115 Å². The zero-order valence-corrected chi connectivity index (χ0v) is 22.0. The quantitative estimate of drug-likeness (QED) is 0.238. The average Bonchev–Trinajstić information content (AvgIpc) is 3.16. The molecule has 5 aromatic carbocycles. The Hall–Kier alpha value is -4.94. The second-order valence-corrected chi connectivity index (χ2v) is 9.78. The number of amides is 2. The number of fused-ring (bicyclic) bond motifs is 2. The summed E-state index contributed by atoms with van der Waals surface area (Å²) in [6.07, 6.45) is 0. The molecule has 1 aliphatic heterocycles. The largest absolute Gasteiger partial charge is 0.354 e. The van der Waals surface area contributed by atoms with E-state index in [0.717, 1.165) is 28.6 Å². The molecule has 2 amide bonds. The minimum atomic E-state index is -0.764. The zero-order valence-electron chi connectivity index (χ0n) is 21.2. The summed E-state index contributed by atoms with van der Waals surface area (Å²) in [6, 6.07) is 34.1. The number of hydrogen-bond acceptors (Lipinski definition) is 3. The second kappa shape index (κ2) is 10.7. The molecule has 0 spiro atoms. The number of anilines is 4. The van der Waals surface area contributed by atoms with E-state index in [4.69, 9.17) is 11.6 Å².